The highest BCUT2D eigenvalue weighted by atomic mass is 16.5. The Morgan fingerprint density at radius 1 is 0.216 bits per heavy atom. The van der Waals surface area contributed by atoms with Crippen molar-refractivity contribution in [1.82, 2.24) is 0 Å². The van der Waals surface area contributed by atoms with Crippen molar-refractivity contribution < 1.29 is 77.3 Å². The minimum atomic E-state index is -0.481. The molecule has 4 heterocycles. The van der Waals surface area contributed by atoms with E-state index >= 15 is 0 Å². The SMILES string of the molecule is CC.CC.CC.CC.COCC(O)COC.COCC(O)COC.COCC(O)COC.COCC(O)COC.Cc1cc2ccccc2c2c1Oc1c(C)cc3ccccc3c1C2.c1ccc(-c2ccc(C3c4c(ccc5ccccc45)Oc4ccc5ccccc5c43)cc2)cc1.c1ccc(C2c3c(ccc4ccccc34)Oc3ccc4ccccc4c32)cc1.c1ccc2c3c(ccc2c1)Oc1ccc2ccccc2c1C3. The van der Waals surface area contributed by atoms with Crippen LogP contribution in [0.2, 0.25) is 0 Å². The summed E-state index contributed by atoms with van der Waals surface area (Å²) in [7, 11) is 12.3. The van der Waals surface area contributed by atoms with E-state index in [4.69, 9.17) is 39.4 Å². The zero-order chi connectivity index (χ0) is 105. The molecule has 0 fully saturated rings. The molecule has 768 valence electrons. The lowest BCUT2D eigenvalue weighted by Crippen LogP contribution is -2.19. The van der Waals surface area contributed by atoms with E-state index < -0.39 is 24.4 Å². The minimum Gasteiger partial charge on any atom is -0.457 e. The fourth-order valence-corrected chi connectivity index (χ4v) is 19.2. The van der Waals surface area contributed by atoms with Crippen molar-refractivity contribution in [3.05, 3.63) is 431 Å². The summed E-state index contributed by atoms with van der Waals surface area (Å²) in [6.07, 6.45) is -0.0763. The zero-order valence-corrected chi connectivity index (χ0v) is 88.9. The monoisotopic (exact) mass is 1990 g/mol. The number of methoxy groups -OCH3 is 8. The highest BCUT2D eigenvalue weighted by molar-refractivity contribution is 6.00. The maximum Gasteiger partial charge on any atom is 0.134 e. The van der Waals surface area contributed by atoms with Crippen LogP contribution in [0.4, 0.5) is 0 Å². The zero-order valence-electron chi connectivity index (χ0n) is 88.9. The Bertz CT molecular complexity index is 6970. The molecule has 0 bridgehead atoms. The van der Waals surface area contributed by atoms with E-state index in [0.717, 1.165) is 58.8 Å². The Morgan fingerprint density at radius 2 is 0.426 bits per heavy atom. The van der Waals surface area contributed by atoms with Gasteiger partial charge in [0, 0.05) is 126 Å². The molecule has 0 amide bonds. The van der Waals surface area contributed by atoms with Crippen LogP contribution >= 0.6 is 0 Å². The highest BCUT2D eigenvalue weighted by Gasteiger charge is 2.35. The van der Waals surface area contributed by atoms with Crippen LogP contribution in [0.25, 0.3) is 97.3 Å². The maximum absolute atomic E-state index is 8.80. The van der Waals surface area contributed by atoms with Crippen molar-refractivity contribution >= 4 is 86.2 Å². The summed E-state index contributed by atoms with van der Waals surface area (Å²) in [5, 5.41) is 55.5. The van der Waals surface area contributed by atoms with Crippen molar-refractivity contribution in [3.8, 4) is 57.1 Å². The Hall–Kier alpha value is -14.0. The fourth-order valence-electron chi connectivity index (χ4n) is 19.2. The number of ether oxygens (including phenoxy) is 12. The number of fused-ring (bicyclic) bond motifs is 24. The van der Waals surface area contributed by atoms with Gasteiger partial charge in [0.1, 0.15) is 70.4 Å². The molecule has 0 radical (unpaired) electrons. The van der Waals surface area contributed by atoms with Gasteiger partial charge in [0.15, 0.2) is 0 Å². The van der Waals surface area contributed by atoms with Crippen LogP contribution < -0.4 is 18.9 Å². The van der Waals surface area contributed by atoms with Crippen LogP contribution in [-0.4, -0.2) is 155 Å². The molecule has 0 saturated heterocycles. The number of aliphatic hydroxyl groups excluding tert-OH is 4. The van der Waals surface area contributed by atoms with Crippen LogP contribution in [0.5, 0.6) is 46.0 Å². The van der Waals surface area contributed by atoms with Crippen molar-refractivity contribution in [2.45, 2.75) is 118 Å². The molecular weight excluding hydrogens is 1840 g/mol. The van der Waals surface area contributed by atoms with Gasteiger partial charge in [-0.3, -0.25) is 0 Å². The number of rotatable bonds is 19. The average Bonchev–Trinajstić information content (AvgIpc) is 0.729. The first-order valence-electron chi connectivity index (χ1n) is 51.3. The quantitative estimate of drug-likeness (QED) is 0.0597. The van der Waals surface area contributed by atoms with E-state index in [-0.39, 0.29) is 11.8 Å². The third-order valence-electron chi connectivity index (χ3n) is 25.4. The van der Waals surface area contributed by atoms with Crippen molar-refractivity contribution in [3.63, 3.8) is 0 Å². The molecule has 4 N–H and O–H groups in total. The van der Waals surface area contributed by atoms with Gasteiger partial charge in [0.25, 0.3) is 0 Å². The highest BCUT2D eigenvalue weighted by Crippen LogP contribution is 2.55. The summed E-state index contributed by atoms with van der Waals surface area (Å²) in [5.41, 5.74) is 17.7. The second-order valence-electron chi connectivity index (χ2n) is 35.0. The molecule has 16 nitrogen and oxygen atoms in total. The lowest BCUT2D eigenvalue weighted by atomic mass is 9.78. The van der Waals surface area contributed by atoms with Crippen molar-refractivity contribution in [2.24, 2.45) is 0 Å². The summed E-state index contributed by atoms with van der Waals surface area (Å²) in [5.74, 6) is 8.07. The van der Waals surface area contributed by atoms with E-state index in [1.807, 2.05) is 55.4 Å². The van der Waals surface area contributed by atoms with Gasteiger partial charge in [0.2, 0.25) is 0 Å². The third-order valence-corrected chi connectivity index (χ3v) is 25.4. The standard InChI is InChI=1S/C33H22O.C27H18O.C23H18O.C21H14O.4C5H12O3.4C2H6/c1-2-8-22(9-3-1)23-14-16-26(17-15-23)31-32-27-12-6-4-10-24(27)18-20-29(32)34-30-21-19-25-11-5-7-13-28(25)33(30)31;1-2-10-20(11-3-1)25-26-21-12-6-4-8-18(21)14-16-23(26)28-24-17-15-19-9-5-7-13-22(19)27(24)25;1-14-11-16-7-3-5-9-18(16)20-13-21-19-10-6-4-8-17(19)12-15(2)23(21)24-22(14)20;1-3-7-16-14(5-1)9-11-20-18(16)13-19-17-8-4-2-6-15(17)10-12-21(19)22-20;4*1-7-3-5(6)4-8-2;4*1-2/h1-21,31H;1-17,25H;3-12H,13H2,1-2H3;1-12H,13H2;4*5-6H,3-4H2,1-2H3;4*1-2H3. The van der Waals surface area contributed by atoms with Crippen LogP contribution in [0.1, 0.15) is 134 Å². The van der Waals surface area contributed by atoms with Gasteiger partial charge in [-0.05, 0) is 182 Å². The molecule has 0 aromatic heterocycles. The Kier molecular flexibility index (Phi) is 44.1. The Labute approximate surface area is 873 Å². The molecule has 0 aliphatic carbocycles. The molecule has 19 aromatic rings. The van der Waals surface area contributed by atoms with E-state index in [2.05, 4.69) is 416 Å². The number of aliphatic hydroxyl groups is 4. The smallest absolute Gasteiger partial charge is 0.134 e. The molecule has 0 atom stereocenters. The maximum atomic E-state index is 8.80. The third kappa shape index (κ3) is 27.7. The molecule has 19 aromatic carbocycles. The van der Waals surface area contributed by atoms with Gasteiger partial charge < -0.3 is 77.3 Å². The molecular formula is C132H144O16. The van der Waals surface area contributed by atoms with Crippen molar-refractivity contribution in [1.29, 1.82) is 0 Å². The molecule has 0 saturated carbocycles. The molecule has 4 aliphatic heterocycles. The summed E-state index contributed by atoms with van der Waals surface area (Å²) in [4.78, 5) is 0. The van der Waals surface area contributed by atoms with Crippen LogP contribution in [0.15, 0.2) is 364 Å². The molecule has 0 unspecified atom stereocenters. The average molecular weight is 1990 g/mol. The second kappa shape index (κ2) is 57.9. The molecule has 0 spiro atoms. The minimum absolute atomic E-state index is 0.0840. The fraction of sp³-hybridized carbons (Fsp3) is 0.258. The van der Waals surface area contributed by atoms with E-state index in [9.17, 15) is 0 Å². The Balaban J connectivity index is 0.000000157. The van der Waals surface area contributed by atoms with Crippen LogP contribution in [-0.2, 0) is 50.7 Å². The van der Waals surface area contributed by atoms with Gasteiger partial charge in [-0.2, -0.15) is 0 Å². The van der Waals surface area contributed by atoms with E-state index in [1.54, 1.807) is 56.9 Å². The first kappa shape index (κ1) is 113. The lowest BCUT2D eigenvalue weighted by molar-refractivity contribution is 0.00977. The van der Waals surface area contributed by atoms with Gasteiger partial charge in [-0.1, -0.05) is 371 Å². The van der Waals surface area contributed by atoms with Gasteiger partial charge in [-0.15, -0.1) is 0 Å². The molecule has 4 aliphatic rings. The summed E-state index contributed by atoms with van der Waals surface area (Å²) in [6.45, 7) is 23.0. The predicted molar refractivity (Wildman–Crippen MR) is 612 cm³/mol. The normalized spacial score (nSPS) is 11.8. The summed E-state index contributed by atoms with van der Waals surface area (Å²) in [6, 6.07) is 129. The summed E-state index contributed by atoms with van der Waals surface area (Å²) < 4.78 is 62.6. The van der Waals surface area contributed by atoms with E-state index in [1.165, 1.54) is 164 Å². The first-order chi connectivity index (χ1) is 72.6. The second-order valence-corrected chi connectivity index (χ2v) is 35.0. The number of hydrogen-bond acceptors (Lipinski definition) is 16. The lowest BCUT2D eigenvalue weighted by Gasteiger charge is -2.31. The first-order valence-corrected chi connectivity index (χ1v) is 51.3. The number of hydrogen-bond donors (Lipinski definition) is 4. The summed E-state index contributed by atoms with van der Waals surface area (Å²) >= 11 is 0. The number of aryl methyl sites for hydroxylation is 2. The van der Waals surface area contributed by atoms with Crippen molar-refractivity contribution in [2.75, 3.05) is 110 Å². The largest absolute Gasteiger partial charge is 0.457 e. The van der Waals surface area contributed by atoms with Crippen LogP contribution in [0.3, 0.4) is 0 Å². The molecule has 23 rings (SSSR count). The van der Waals surface area contributed by atoms with Gasteiger partial charge in [-0.25, -0.2) is 0 Å². The predicted octanol–water partition coefficient (Wildman–Crippen LogP) is 30.9. The Morgan fingerprint density at radius 3 is 0.709 bits per heavy atom. The topological polar surface area (TPSA) is 192 Å². The van der Waals surface area contributed by atoms with Gasteiger partial charge in [0.05, 0.1) is 52.9 Å². The molecule has 148 heavy (non-hydrogen) atoms. The molecule has 16 heteroatoms. The van der Waals surface area contributed by atoms with Gasteiger partial charge >= 0.3 is 0 Å². The number of benzene rings is 19. The van der Waals surface area contributed by atoms with E-state index in [0.29, 0.717) is 52.9 Å². The van der Waals surface area contributed by atoms with Crippen LogP contribution in [0, 0.1) is 13.8 Å².